The van der Waals surface area contributed by atoms with Crippen LogP contribution in [-0.4, -0.2) is 88.6 Å². The SMILES string of the molecule is CB(O)N1C(=O)C(C2CCN(C(C)=O)CC2)C[C@H]1Cc1ccc(-c2ccccc2)cc1.CC(=O)N1CCC(C2C[C@@H](Cc3ccc(-c4ccccc4)cc3)NC2=O)CC1. The third-order valence-electron chi connectivity index (χ3n) is 13.3. The summed E-state index contributed by atoms with van der Waals surface area (Å²) in [6.45, 7) is 7.94. The number of amides is 4. The van der Waals surface area contributed by atoms with Crippen molar-refractivity contribution in [1.82, 2.24) is 19.9 Å². The van der Waals surface area contributed by atoms with Gasteiger partial charge in [-0.1, -0.05) is 109 Å². The predicted molar refractivity (Wildman–Crippen MR) is 234 cm³/mol. The first kappa shape index (κ1) is 41.9. The molecule has 4 fully saturated rings. The molecule has 4 heterocycles. The maximum atomic E-state index is 13.2. The van der Waals surface area contributed by atoms with E-state index in [2.05, 4.69) is 90.2 Å². The van der Waals surface area contributed by atoms with Gasteiger partial charge in [-0.05, 0) is 103 Å². The van der Waals surface area contributed by atoms with Gasteiger partial charge in [0.15, 0.2) is 0 Å². The van der Waals surface area contributed by atoms with Gasteiger partial charge in [-0.15, -0.1) is 0 Å². The maximum absolute atomic E-state index is 13.2. The molecule has 4 amide bonds. The third kappa shape index (κ3) is 10.3. The lowest BCUT2D eigenvalue weighted by Crippen LogP contribution is -2.46. The van der Waals surface area contributed by atoms with E-state index < -0.39 is 7.05 Å². The second-order valence-electron chi connectivity index (χ2n) is 17.1. The lowest BCUT2D eigenvalue weighted by atomic mass is 9.81. The summed E-state index contributed by atoms with van der Waals surface area (Å²) in [5.41, 5.74) is 7.24. The summed E-state index contributed by atoms with van der Waals surface area (Å²) in [7, 11) is -0.789. The number of nitrogens with one attached hydrogen (secondary N) is 1. The Morgan fingerprint density at radius 1 is 0.610 bits per heavy atom. The van der Waals surface area contributed by atoms with Gasteiger partial charge in [-0.25, -0.2) is 0 Å². The molecule has 8 rings (SSSR count). The van der Waals surface area contributed by atoms with E-state index in [-0.39, 0.29) is 53.5 Å². The van der Waals surface area contributed by atoms with E-state index in [0.717, 1.165) is 77.5 Å². The van der Waals surface area contributed by atoms with Gasteiger partial charge in [0, 0.05) is 63.9 Å². The van der Waals surface area contributed by atoms with Crippen LogP contribution in [0.15, 0.2) is 109 Å². The molecule has 9 nitrogen and oxygen atoms in total. The Bertz CT molecular complexity index is 2030. The van der Waals surface area contributed by atoms with E-state index in [1.807, 2.05) is 34.1 Å². The Hall–Kier alpha value is -5.22. The van der Waals surface area contributed by atoms with E-state index in [9.17, 15) is 24.2 Å². The summed E-state index contributed by atoms with van der Waals surface area (Å²) in [6.07, 6.45) is 6.91. The van der Waals surface area contributed by atoms with Crippen LogP contribution >= 0.6 is 0 Å². The Balaban J connectivity index is 0.000000180. The van der Waals surface area contributed by atoms with Crippen LogP contribution in [0.5, 0.6) is 0 Å². The summed E-state index contributed by atoms with van der Waals surface area (Å²) < 4.78 is 0. The number of hydrogen-bond donors (Lipinski definition) is 2. The Kier molecular flexibility index (Phi) is 13.7. The molecule has 2 N–H and O–H groups in total. The molecule has 0 aromatic heterocycles. The molecule has 10 heteroatoms. The lowest BCUT2D eigenvalue weighted by Gasteiger charge is -2.33. The minimum Gasteiger partial charge on any atom is -0.432 e. The molecule has 0 saturated carbocycles. The molecule has 59 heavy (non-hydrogen) atoms. The van der Waals surface area contributed by atoms with Crippen molar-refractivity contribution in [3.05, 3.63) is 120 Å². The van der Waals surface area contributed by atoms with Gasteiger partial charge in [0.2, 0.25) is 23.6 Å². The van der Waals surface area contributed by atoms with E-state index >= 15 is 0 Å². The number of nitrogens with zero attached hydrogens (tertiary/aromatic N) is 3. The highest BCUT2D eigenvalue weighted by atomic mass is 16.2. The standard InChI is InChI=1S/C25H31BN2O3.C24H28N2O2/c1-18(29)27-14-12-22(13-15-27)24-17-23(28(25(24)30)26(2)31)16-19-8-10-21(11-9-19)20-6-4-3-5-7-20;1-17(27)26-13-11-21(12-14-26)23-16-22(25-24(23)28)15-18-7-9-20(10-8-18)19-5-3-2-4-6-19/h3-11,22-24,31H,12-17H2,1-2H3;2-10,21-23H,11-16H2,1H3,(H,25,28)/t23-,24?;22-,23?/m11/s1. The second-order valence-corrected chi connectivity index (χ2v) is 17.1. The molecule has 4 aliphatic rings. The number of carbonyl (C=O) groups excluding carboxylic acids is 4. The number of rotatable bonds is 9. The fraction of sp³-hybridized carbons (Fsp3) is 0.429. The topological polar surface area (TPSA) is 110 Å². The van der Waals surface area contributed by atoms with Crippen molar-refractivity contribution < 1.29 is 24.2 Å². The first-order chi connectivity index (χ1) is 28.5. The normalized spacial score (nSPS) is 22.5. The zero-order valence-corrected chi connectivity index (χ0v) is 34.8. The third-order valence-corrected chi connectivity index (χ3v) is 13.3. The molecule has 2 unspecified atom stereocenters. The lowest BCUT2D eigenvalue weighted by molar-refractivity contribution is -0.133. The van der Waals surface area contributed by atoms with Gasteiger partial charge < -0.3 is 25.0 Å². The molecule has 4 aromatic carbocycles. The van der Waals surface area contributed by atoms with Crippen LogP contribution in [0.1, 0.15) is 63.5 Å². The minimum absolute atomic E-state index is 0.00547. The Morgan fingerprint density at radius 3 is 1.47 bits per heavy atom. The van der Waals surface area contributed by atoms with Crippen molar-refractivity contribution in [2.75, 3.05) is 26.2 Å². The summed E-state index contributed by atoms with van der Waals surface area (Å²) in [4.78, 5) is 54.3. The zero-order valence-electron chi connectivity index (χ0n) is 34.8. The first-order valence-corrected chi connectivity index (χ1v) is 21.6. The number of likely N-dealkylation sites (tertiary alicyclic amines) is 2. The molecule has 4 aromatic rings. The van der Waals surface area contributed by atoms with Crippen molar-refractivity contribution in [2.45, 2.75) is 84.1 Å². The second kappa shape index (κ2) is 19.2. The van der Waals surface area contributed by atoms with Crippen molar-refractivity contribution in [2.24, 2.45) is 23.7 Å². The quantitative estimate of drug-likeness (QED) is 0.175. The van der Waals surface area contributed by atoms with Gasteiger partial charge >= 0.3 is 7.05 Å². The van der Waals surface area contributed by atoms with Crippen molar-refractivity contribution in [3.8, 4) is 22.3 Å². The highest BCUT2D eigenvalue weighted by molar-refractivity contribution is 6.49. The average Bonchev–Trinajstić information content (AvgIpc) is 3.79. The Labute approximate surface area is 350 Å². The minimum atomic E-state index is -0.789. The first-order valence-electron chi connectivity index (χ1n) is 21.6. The zero-order chi connectivity index (χ0) is 41.5. The number of carbonyl (C=O) groups is 4. The molecule has 4 saturated heterocycles. The van der Waals surface area contributed by atoms with Crippen molar-refractivity contribution in [1.29, 1.82) is 0 Å². The van der Waals surface area contributed by atoms with E-state index in [1.165, 1.54) is 33.4 Å². The Morgan fingerprint density at radius 2 is 1.03 bits per heavy atom. The highest BCUT2D eigenvalue weighted by Gasteiger charge is 2.46. The molecule has 0 bridgehead atoms. The maximum Gasteiger partial charge on any atom is 0.411 e. The van der Waals surface area contributed by atoms with Crippen LogP contribution in [0.2, 0.25) is 6.82 Å². The molecule has 0 aliphatic carbocycles. The average molecular weight is 795 g/mol. The van der Waals surface area contributed by atoms with Crippen LogP contribution in [0.25, 0.3) is 22.3 Å². The van der Waals surface area contributed by atoms with Gasteiger partial charge in [-0.3, -0.25) is 19.2 Å². The van der Waals surface area contributed by atoms with Crippen LogP contribution in [-0.2, 0) is 32.0 Å². The van der Waals surface area contributed by atoms with Gasteiger partial charge in [-0.2, -0.15) is 0 Å². The smallest absolute Gasteiger partial charge is 0.411 e. The molecule has 4 aliphatic heterocycles. The van der Waals surface area contributed by atoms with Crippen LogP contribution in [0.3, 0.4) is 0 Å². The summed E-state index contributed by atoms with van der Waals surface area (Å²) >= 11 is 0. The van der Waals surface area contributed by atoms with Crippen molar-refractivity contribution in [3.63, 3.8) is 0 Å². The van der Waals surface area contributed by atoms with E-state index in [1.54, 1.807) is 25.5 Å². The summed E-state index contributed by atoms with van der Waals surface area (Å²) in [5.74, 6) is 1.26. The van der Waals surface area contributed by atoms with E-state index in [0.29, 0.717) is 5.92 Å². The number of benzene rings is 4. The van der Waals surface area contributed by atoms with Crippen LogP contribution < -0.4 is 5.32 Å². The summed E-state index contributed by atoms with van der Waals surface area (Å²) in [6, 6.07) is 38.1. The van der Waals surface area contributed by atoms with Gasteiger partial charge in [0.05, 0.1) is 0 Å². The van der Waals surface area contributed by atoms with Crippen LogP contribution in [0, 0.1) is 23.7 Å². The molecule has 308 valence electrons. The highest BCUT2D eigenvalue weighted by Crippen LogP contribution is 2.38. The monoisotopic (exact) mass is 794 g/mol. The molecular formula is C49H59BN4O5. The molecule has 0 radical (unpaired) electrons. The number of hydrogen-bond acceptors (Lipinski definition) is 5. The molecule has 4 atom stereocenters. The van der Waals surface area contributed by atoms with E-state index in [4.69, 9.17) is 0 Å². The summed E-state index contributed by atoms with van der Waals surface area (Å²) in [5, 5.41) is 13.6. The van der Waals surface area contributed by atoms with Gasteiger partial charge in [0.1, 0.15) is 0 Å². The van der Waals surface area contributed by atoms with Crippen molar-refractivity contribution >= 4 is 30.7 Å². The van der Waals surface area contributed by atoms with Gasteiger partial charge in [0.25, 0.3) is 0 Å². The fourth-order valence-corrected chi connectivity index (χ4v) is 9.98. The number of piperidine rings is 2. The predicted octanol–water partition coefficient (Wildman–Crippen LogP) is 7.14. The van der Waals surface area contributed by atoms with Crippen LogP contribution in [0.4, 0.5) is 0 Å². The largest absolute Gasteiger partial charge is 0.432 e. The molecule has 0 spiro atoms. The fourth-order valence-electron chi connectivity index (χ4n) is 9.98. The molecular weight excluding hydrogens is 735 g/mol.